The molecule has 1 aromatic rings. The van der Waals surface area contributed by atoms with Gasteiger partial charge in [0.2, 0.25) is 0 Å². The molecule has 0 radical (unpaired) electrons. The van der Waals surface area contributed by atoms with Gasteiger partial charge in [-0.25, -0.2) is 4.39 Å². The lowest BCUT2D eigenvalue weighted by Gasteiger charge is -2.19. The highest BCUT2D eigenvalue weighted by atomic mass is 19.1. The number of halogens is 1. The van der Waals surface area contributed by atoms with E-state index in [1.54, 1.807) is 0 Å². The van der Waals surface area contributed by atoms with E-state index in [2.05, 4.69) is 4.90 Å². The van der Waals surface area contributed by atoms with Crippen LogP contribution in [0.25, 0.3) is 0 Å². The summed E-state index contributed by atoms with van der Waals surface area (Å²) in [6.45, 7) is 1.97. The summed E-state index contributed by atoms with van der Waals surface area (Å²) >= 11 is 0. The molecule has 20 heavy (non-hydrogen) atoms. The highest BCUT2D eigenvalue weighted by Crippen LogP contribution is 2.44. The third kappa shape index (κ3) is 2.26. The van der Waals surface area contributed by atoms with Crippen molar-refractivity contribution >= 4 is 11.4 Å². The smallest absolute Gasteiger partial charge is 0.147 e. The second-order valence-electron chi connectivity index (χ2n) is 5.65. The van der Waals surface area contributed by atoms with Crippen molar-refractivity contribution in [3.8, 4) is 5.75 Å². The minimum Gasteiger partial charge on any atom is -0.496 e. The summed E-state index contributed by atoms with van der Waals surface area (Å²) in [7, 11) is 1.51. The number of methoxy groups -OCH3 is 1. The van der Waals surface area contributed by atoms with Gasteiger partial charge in [0, 0.05) is 24.7 Å². The Balaban J connectivity index is 1.71. The van der Waals surface area contributed by atoms with Gasteiger partial charge in [-0.1, -0.05) is 0 Å². The van der Waals surface area contributed by atoms with Gasteiger partial charge in [0.1, 0.15) is 11.6 Å². The molecule has 1 heterocycles. The molecule has 2 atom stereocenters. The van der Waals surface area contributed by atoms with Crippen molar-refractivity contribution < 1.29 is 9.13 Å². The van der Waals surface area contributed by atoms with E-state index in [4.69, 9.17) is 15.9 Å². The zero-order valence-electron chi connectivity index (χ0n) is 11.7. The largest absolute Gasteiger partial charge is 0.496 e. The first-order chi connectivity index (χ1) is 9.61. The standard InChI is InChI=1S/C15H20FN3O/c1-20-13-3-2-10(16)15(18)14(13)11(17)5-7-19-6-4-9-8-12(9)19/h2-3,9,12,17H,4-8,18H2,1H3. The number of anilines is 1. The number of ether oxygens (including phenoxy) is 1. The Labute approximate surface area is 118 Å². The fraction of sp³-hybridized carbons (Fsp3) is 0.533. The Morgan fingerprint density at radius 3 is 2.95 bits per heavy atom. The zero-order chi connectivity index (χ0) is 14.3. The van der Waals surface area contributed by atoms with Crippen LogP contribution >= 0.6 is 0 Å². The number of hydrogen-bond donors (Lipinski definition) is 2. The molecule has 4 nitrogen and oxygen atoms in total. The van der Waals surface area contributed by atoms with Crippen LogP contribution in [0, 0.1) is 17.1 Å². The lowest BCUT2D eigenvalue weighted by Crippen LogP contribution is -2.26. The average molecular weight is 277 g/mol. The number of nitrogens with one attached hydrogen (secondary N) is 1. The predicted molar refractivity (Wildman–Crippen MR) is 76.9 cm³/mol. The van der Waals surface area contributed by atoms with Crippen LogP contribution in [0.4, 0.5) is 10.1 Å². The van der Waals surface area contributed by atoms with E-state index in [-0.39, 0.29) is 5.69 Å². The number of benzene rings is 1. The SMILES string of the molecule is COc1ccc(F)c(N)c1C(=N)CCN1CCC2CC21. The van der Waals surface area contributed by atoms with E-state index < -0.39 is 5.82 Å². The van der Waals surface area contributed by atoms with Crippen LogP contribution < -0.4 is 10.5 Å². The molecular weight excluding hydrogens is 257 g/mol. The monoisotopic (exact) mass is 277 g/mol. The van der Waals surface area contributed by atoms with E-state index in [9.17, 15) is 4.39 Å². The maximum Gasteiger partial charge on any atom is 0.147 e. The minimum atomic E-state index is -0.492. The molecule has 1 saturated carbocycles. The molecule has 2 aliphatic rings. The quantitative estimate of drug-likeness (QED) is 0.641. The third-order valence-corrected chi connectivity index (χ3v) is 4.47. The van der Waals surface area contributed by atoms with Crippen molar-refractivity contribution in [1.82, 2.24) is 4.90 Å². The van der Waals surface area contributed by atoms with Crippen molar-refractivity contribution in [2.45, 2.75) is 25.3 Å². The second-order valence-corrected chi connectivity index (χ2v) is 5.65. The average Bonchev–Trinajstić information content (AvgIpc) is 3.12. The Morgan fingerprint density at radius 1 is 1.55 bits per heavy atom. The molecule has 2 unspecified atom stereocenters. The summed E-state index contributed by atoms with van der Waals surface area (Å²) in [5.41, 5.74) is 6.54. The van der Waals surface area contributed by atoms with Gasteiger partial charge in [0.05, 0.1) is 18.4 Å². The number of nitrogens with zero attached hydrogens (tertiary/aromatic N) is 1. The van der Waals surface area contributed by atoms with Crippen molar-refractivity contribution in [2.75, 3.05) is 25.9 Å². The van der Waals surface area contributed by atoms with E-state index >= 15 is 0 Å². The van der Waals surface area contributed by atoms with Crippen LogP contribution in [0.2, 0.25) is 0 Å². The first-order valence-electron chi connectivity index (χ1n) is 7.05. The fourth-order valence-corrected chi connectivity index (χ4v) is 3.20. The topological polar surface area (TPSA) is 62.3 Å². The van der Waals surface area contributed by atoms with E-state index in [0.29, 0.717) is 23.4 Å². The highest BCUT2D eigenvalue weighted by Gasteiger charge is 2.46. The van der Waals surface area contributed by atoms with Gasteiger partial charge >= 0.3 is 0 Å². The molecule has 3 rings (SSSR count). The number of hydrogen-bond acceptors (Lipinski definition) is 4. The van der Waals surface area contributed by atoms with Crippen LogP contribution in [0.5, 0.6) is 5.75 Å². The van der Waals surface area contributed by atoms with Gasteiger partial charge in [-0.3, -0.25) is 4.90 Å². The second kappa shape index (κ2) is 5.05. The van der Waals surface area contributed by atoms with Gasteiger partial charge < -0.3 is 15.9 Å². The molecule has 2 fully saturated rings. The van der Waals surface area contributed by atoms with Crippen LogP contribution in [-0.4, -0.2) is 36.9 Å². The first-order valence-corrected chi connectivity index (χ1v) is 7.05. The summed E-state index contributed by atoms with van der Waals surface area (Å²) in [6.07, 6.45) is 3.16. The van der Waals surface area contributed by atoms with E-state index in [1.807, 2.05) is 0 Å². The lowest BCUT2D eigenvalue weighted by atomic mass is 10.0. The fourth-order valence-electron chi connectivity index (χ4n) is 3.20. The maximum atomic E-state index is 13.6. The number of nitrogens with two attached hydrogens (primary N) is 1. The van der Waals surface area contributed by atoms with Crippen LogP contribution in [0.3, 0.4) is 0 Å². The highest BCUT2D eigenvalue weighted by molar-refractivity contribution is 6.05. The van der Waals surface area contributed by atoms with Crippen molar-refractivity contribution in [3.05, 3.63) is 23.5 Å². The van der Waals surface area contributed by atoms with Gasteiger partial charge in [-0.2, -0.15) is 0 Å². The van der Waals surface area contributed by atoms with Gasteiger partial charge in [0.25, 0.3) is 0 Å². The Hall–Kier alpha value is -1.62. The molecule has 5 heteroatoms. The van der Waals surface area contributed by atoms with Crippen molar-refractivity contribution in [3.63, 3.8) is 0 Å². The maximum absolute atomic E-state index is 13.6. The van der Waals surface area contributed by atoms with Gasteiger partial charge in [-0.05, 0) is 37.4 Å². The predicted octanol–water partition coefficient (Wildman–Crippen LogP) is 2.27. The molecule has 1 aliphatic heterocycles. The molecule has 0 spiro atoms. The normalized spacial score (nSPS) is 24.5. The molecule has 1 aliphatic carbocycles. The molecule has 0 aromatic heterocycles. The molecular formula is C15H20FN3O. The van der Waals surface area contributed by atoms with Crippen LogP contribution in [0.1, 0.15) is 24.8 Å². The van der Waals surface area contributed by atoms with E-state index in [1.165, 1.54) is 32.1 Å². The molecule has 0 bridgehead atoms. The third-order valence-electron chi connectivity index (χ3n) is 4.47. The Morgan fingerprint density at radius 2 is 2.35 bits per heavy atom. The summed E-state index contributed by atoms with van der Waals surface area (Å²) in [6, 6.07) is 3.54. The van der Waals surface area contributed by atoms with Crippen molar-refractivity contribution in [2.24, 2.45) is 5.92 Å². The Kier molecular flexibility index (Phi) is 3.38. The zero-order valence-corrected chi connectivity index (χ0v) is 11.7. The number of fused-ring (bicyclic) bond motifs is 1. The molecule has 108 valence electrons. The molecule has 1 saturated heterocycles. The van der Waals surface area contributed by atoms with Crippen LogP contribution in [-0.2, 0) is 0 Å². The van der Waals surface area contributed by atoms with Crippen molar-refractivity contribution in [1.29, 1.82) is 5.41 Å². The summed E-state index contributed by atoms with van der Waals surface area (Å²) < 4.78 is 18.8. The molecule has 3 N–H and O–H groups in total. The van der Waals surface area contributed by atoms with Crippen LogP contribution in [0.15, 0.2) is 12.1 Å². The first kappa shape index (κ1) is 13.4. The number of likely N-dealkylation sites (tertiary alicyclic amines) is 1. The van der Waals surface area contributed by atoms with Gasteiger partial charge in [-0.15, -0.1) is 0 Å². The number of rotatable bonds is 5. The molecule has 1 aromatic carbocycles. The minimum absolute atomic E-state index is 0.0140. The summed E-state index contributed by atoms with van der Waals surface area (Å²) in [4.78, 5) is 2.43. The number of piperidine rings is 1. The lowest BCUT2D eigenvalue weighted by molar-refractivity contribution is 0.309. The molecule has 0 amide bonds. The number of nitrogen functional groups attached to an aromatic ring is 1. The summed E-state index contributed by atoms with van der Waals surface area (Å²) in [5.74, 6) is 0.867. The van der Waals surface area contributed by atoms with E-state index in [0.717, 1.165) is 25.0 Å². The summed E-state index contributed by atoms with van der Waals surface area (Å²) in [5, 5.41) is 8.20. The Bertz CT molecular complexity index is 546. The van der Waals surface area contributed by atoms with Gasteiger partial charge in [0.15, 0.2) is 0 Å².